The molecule has 1 unspecified atom stereocenters. The molecular weight excluding hydrogens is 402 g/mol. The van der Waals surface area contributed by atoms with E-state index in [9.17, 15) is 4.79 Å². The SMILES string of the molecule is Cc1cc(N2CCCCC2CC(=O)NCCCN2CCCC2)nc(CCn2ccnc2)n1. The van der Waals surface area contributed by atoms with Crippen molar-refractivity contribution in [1.29, 1.82) is 0 Å². The first-order chi connectivity index (χ1) is 15.7. The molecule has 8 heteroatoms. The Kier molecular flexibility index (Phi) is 8.09. The van der Waals surface area contributed by atoms with Crippen LogP contribution in [0.2, 0.25) is 0 Å². The molecule has 2 aliphatic rings. The first kappa shape index (κ1) is 22.7. The van der Waals surface area contributed by atoms with Crippen molar-refractivity contribution in [2.45, 2.75) is 70.9 Å². The summed E-state index contributed by atoms with van der Waals surface area (Å²) in [7, 11) is 0. The van der Waals surface area contributed by atoms with Crippen LogP contribution in [0.4, 0.5) is 5.82 Å². The summed E-state index contributed by atoms with van der Waals surface area (Å²) in [6.07, 6.45) is 13.9. The number of likely N-dealkylation sites (tertiary alicyclic amines) is 1. The third-order valence-corrected chi connectivity index (χ3v) is 6.55. The van der Waals surface area contributed by atoms with Gasteiger partial charge in [0.2, 0.25) is 5.91 Å². The van der Waals surface area contributed by atoms with E-state index >= 15 is 0 Å². The Morgan fingerprint density at radius 1 is 1.12 bits per heavy atom. The van der Waals surface area contributed by atoms with Crippen molar-refractivity contribution >= 4 is 11.7 Å². The molecule has 4 rings (SSSR count). The molecule has 0 spiro atoms. The lowest BCUT2D eigenvalue weighted by atomic mass is 9.99. The Labute approximate surface area is 191 Å². The van der Waals surface area contributed by atoms with E-state index in [0.717, 1.165) is 69.2 Å². The maximum atomic E-state index is 12.7. The number of hydrogen-bond acceptors (Lipinski definition) is 6. The van der Waals surface area contributed by atoms with Crippen LogP contribution in [0.3, 0.4) is 0 Å². The minimum atomic E-state index is 0.162. The van der Waals surface area contributed by atoms with Gasteiger partial charge in [0.1, 0.15) is 11.6 Å². The Morgan fingerprint density at radius 2 is 1.97 bits per heavy atom. The quantitative estimate of drug-likeness (QED) is 0.573. The lowest BCUT2D eigenvalue weighted by Gasteiger charge is -2.36. The summed E-state index contributed by atoms with van der Waals surface area (Å²) in [4.78, 5) is 31.1. The number of anilines is 1. The van der Waals surface area contributed by atoms with E-state index in [1.807, 2.05) is 24.0 Å². The normalized spacial score (nSPS) is 19.4. The Bertz CT molecular complexity index is 848. The first-order valence-electron chi connectivity index (χ1n) is 12.2. The van der Waals surface area contributed by atoms with Crippen LogP contribution in [0.5, 0.6) is 0 Å². The molecular formula is C24H37N7O. The molecule has 2 aliphatic heterocycles. The van der Waals surface area contributed by atoms with E-state index in [1.54, 1.807) is 6.20 Å². The number of carbonyl (C=O) groups is 1. The maximum absolute atomic E-state index is 12.7. The molecule has 1 N–H and O–H groups in total. The predicted octanol–water partition coefficient (Wildman–Crippen LogP) is 2.58. The lowest BCUT2D eigenvalue weighted by molar-refractivity contribution is -0.121. The number of aryl methyl sites for hydroxylation is 3. The fourth-order valence-electron chi connectivity index (χ4n) is 4.86. The van der Waals surface area contributed by atoms with Crippen molar-refractivity contribution in [2.24, 2.45) is 0 Å². The number of nitrogens with one attached hydrogen (secondary N) is 1. The van der Waals surface area contributed by atoms with Crippen molar-refractivity contribution in [3.8, 4) is 0 Å². The molecule has 2 aromatic rings. The Balaban J connectivity index is 1.31. The van der Waals surface area contributed by atoms with E-state index in [1.165, 1.54) is 32.4 Å². The van der Waals surface area contributed by atoms with Gasteiger partial charge in [0.05, 0.1) is 6.33 Å². The summed E-state index contributed by atoms with van der Waals surface area (Å²) in [6.45, 7) is 8.08. The van der Waals surface area contributed by atoms with Crippen LogP contribution in [0.15, 0.2) is 24.8 Å². The van der Waals surface area contributed by atoms with E-state index in [0.29, 0.717) is 6.42 Å². The average molecular weight is 440 g/mol. The fourth-order valence-corrected chi connectivity index (χ4v) is 4.86. The van der Waals surface area contributed by atoms with Gasteiger partial charge in [-0.1, -0.05) is 0 Å². The average Bonchev–Trinajstić information content (AvgIpc) is 3.50. The van der Waals surface area contributed by atoms with Gasteiger partial charge in [-0.25, -0.2) is 15.0 Å². The van der Waals surface area contributed by atoms with Gasteiger partial charge in [0.15, 0.2) is 0 Å². The highest BCUT2D eigenvalue weighted by Crippen LogP contribution is 2.26. The molecule has 2 fully saturated rings. The molecule has 2 aromatic heterocycles. The van der Waals surface area contributed by atoms with Crippen molar-refractivity contribution in [3.63, 3.8) is 0 Å². The third-order valence-electron chi connectivity index (χ3n) is 6.55. The zero-order valence-corrected chi connectivity index (χ0v) is 19.4. The highest BCUT2D eigenvalue weighted by molar-refractivity contribution is 5.77. The molecule has 174 valence electrons. The monoisotopic (exact) mass is 439 g/mol. The van der Waals surface area contributed by atoms with Gasteiger partial charge in [0.25, 0.3) is 0 Å². The van der Waals surface area contributed by atoms with Crippen LogP contribution >= 0.6 is 0 Å². The van der Waals surface area contributed by atoms with Crippen LogP contribution in [-0.2, 0) is 17.8 Å². The standard InChI is InChI=1S/C24H37N7O/c1-20-17-23(28-22(27-20)8-15-30-16-10-25-19-30)31-14-3-2-7-21(31)18-24(32)26-9-6-13-29-11-4-5-12-29/h10,16-17,19,21H,2-9,11-15,18H2,1H3,(H,26,32). The summed E-state index contributed by atoms with van der Waals surface area (Å²) in [6, 6.07) is 2.27. The molecule has 4 heterocycles. The number of carbonyl (C=O) groups excluding carboxylic acids is 1. The van der Waals surface area contributed by atoms with Gasteiger partial charge in [0, 0.05) is 62.7 Å². The van der Waals surface area contributed by atoms with Crippen molar-refractivity contribution < 1.29 is 4.79 Å². The van der Waals surface area contributed by atoms with Crippen LogP contribution < -0.4 is 10.2 Å². The molecule has 2 saturated heterocycles. The summed E-state index contributed by atoms with van der Waals surface area (Å²) < 4.78 is 2.04. The van der Waals surface area contributed by atoms with Crippen LogP contribution in [0.1, 0.15) is 56.5 Å². The molecule has 0 radical (unpaired) electrons. The topological polar surface area (TPSA) is 79.2 Å². The number of aromatic nitrogens is 4. The summed E-state index contributed by atoms with van der Waals surface area (Å²) in [5.41, 5.74) is 0.978. The third kappa shape index (κ3) is 6.51. The smallest absolute Gasteiger partial charge is 0.222 e. The number of hydrogen-bond donors (Lipinski definition) is 1. The first-order valence-corrected chi connectivity index (χ1v) is 12.2. The number of rotatable bonds is 10. The predicted molar refractivity (Wildman–Crippen MR) is 126 cm³/mol. The maximum Gasteiger partial charge on any atom is 0.222 e. The Hall–Kier alpha value is -2.48. The fraction of sp³-hybridized carbons (Fsp3) is 0.667. The second kappa shape index (κ2) is 11.4. The summed E-state index contributed by atoms with van der Waals surface area (Å²) in [5.74, 6) is 1.98. The molecule has 1 atom stereocenters. The highest BCUT2D eigenvalue weighted by Gasteiger charge is 2.26. The molecule has 1 amide bonds. The van der Waals surface area contributed by atoms with E-state index < -0.39 is 0 Å². The van der Waals surface area contributed by atoms with E-state index in [4.69, 9.17) is 4.98 Å². The van der Waals surface area contributed by atoms with Gasteiger partial charge < -0.3 is 19.7 Å². The zero-order chi connectivity index (χ0) is 22.2. The van der Waals surface area contributed by atoms with Gasteiger partial charge in [-0.2, -0.15) is 0 Å². The van der Waals surface area contributed by atoms with Crippen molar-refractivity contribution in [1.82, 2.24) is 29.7 Å². The van der Waals surface area contributed by atoms with Crippen LogP contribution in [0, 0.1) is 6.92 Å². The van der Waals surface area contributed by atoms with Crippen LogP contribution in [0.25, 0.3) is 0 Å². The summed E-state index contributed by atoms with van der Waals surface area (Å²) >= 11 is 0. The number of imidazole rings is 1. The second-order valence-electron chi connectivity index (χ2n) is 9.13. The van der Waals surface area contributed by atoms with E-state index in [2.05, 4.69) is 31.2 Å². The molecule has 0 aliphatic carbocycles. The molecule has 0 bridgehead atoms. The molecule has 32 heavy (non-hydrogen) atoms. The van der Waals surface area contributed by atoms with Crippen molar-refractivity contribution in [3.05, 3.63) is 36.3 Å². The molecule has 8 nitrogen and oxygen atoms in total. The highest BCUT2D eigenvalue weighted by atomic mass is 16.1. The van der Waals surface area contributed by atoms with Crippen LogP contribution in [-0.4, -0.2) is 69.1 Å². The largest absolute Gasteiger partial charge is 0.356 e. The van der Waals surface area contributed by atoms with Gasteiger partial charge >= 0.3 is 0 Å². The van der Waals surface area contributed by atoms with Gasteiger partial charge in [-0.3, -0.25) is 4.79 Å². The van der Waals surface area contributed by atoms with Crippen molar-refractivity contribution in [2.75, 3.05) is 37.6 Å². The Morgan fingerprint density at radius 3 is 2.78 bits per heavy atom. The van der Waals surface area contributed by atoms with Gasteiger partial charge in [-0.15, -0.1) is 0 Å². The minimum Gasteiger partial charge on any atom is -0.356 e. The molecule has 0 aromatic carbocycles. The van der Waals surface area contributed by atoms with Gasteiger partial charge in [-0.05, 0) is 65.1 Å². The minimum absolute atomic E-state index is 0.162. The second-order valence-corrected chi connectivity index (χ2v) is 9.13. The number of amides is 1. The number of piperidine rings is 1. The lowest BCUT2D eigenvalue weighted by Crippen LogP contribution is -2.43. The van der Waals surface area contributed by atoms with E-state index in [-0.39, 0.29) is 11.9 Å². The molecule has 0 saturated carbocycles. The number of nitrogens with zero attached hydrogens (tertiary/aromatic N) is 6. The zero-order valence-electron chi connectivity index (χ0n) is 19.4. The summed E-state index contributed by atoms with van der Waals surface area (Å²) in [5, 5.41) is 3.15.